The number of hydrogen-bond donors (Lipinski definition) is 1. The number of nitrogens with zero attached hydrogens (tertiary/aromatic N) is 2. The number of hydrogen-bond acceptors (Lipinski definition) is 4. The van der Waals surface area contributed by atoms with E-state index in [2.05, 4.69) is 23.8 Å². The molecule has 1 heterocycles. The standard InChI is InChI=1S/C10H14N2O2S/c1-6(2)5-15-10-11-4-8(9(13)14)7(3)12-10/h4,6H,5H2,1-3H3,(H,13,14). The summed E-state index contributed by atoms with van der Waals surface area (Å²) >= 11 is 1.55. The molecule has 0 radical (unpaired) electrons. The number of thioether (sulfide) groups is 1. The molecule has 1 aromatic heterocycles. The highest BCUT2D eigenvalue weighted by Gasteiger charge is 2.10. The minimum atomic E-state index is -0.979. The SMILES string of the molecule is Cc1nc(SCC(C)C)ncc1C(=O)O. The third-order valence-electron chi connectivity index (χ3n) is 1.73. The first-order valence-electron chi connectivity index (χ1n) is 4.70. The van der Waals surface area contributed by atoms with Gasteiger partial charge in [-0.05, 0) is 12.8 Å². The molecule has 0 aliphatic rings. The average Bonchev–Trinajstić information content (AvgIpc) is 2.14. The number of aromatic carboxylic acids is 1. The molecule has 1 aromatic rings. The highest BCUT2D eigenvalue weighted by Crippen LogP contribution is 2.17. The van der Waals surface area contributed by atoms with Crippen molar-refractivity contribution in [3.63, 3.8) is 0 Å². The Labute approximate surface area is 93.1 Å². The van der Waals surface area contributed by atoms with Gasteiger partial charge in [0, 0.05) is 11.9 Å². The zero-order valence-electron chi connectivity index (χ0n) is 9.02. The van der Waals surface area contributed by atoms with E-state index >= 15 is 0 Å². The predicted molar refractivity (Wildman–Crippen MR) is 59.3 cm³/mol. The normalized spacial score (nSPS) is 10.7. The van der Waals surface area contributed by atoms with E-state index in [1.165, 1.54) is 6.20 Å². The lowest BCUT2D eigenvalue weighted by molar-refractivity contribution is 0.0695. The third kappa shape index (κ3) is 3.51. The summed E-state index contributed by atoms with van der Waals surface area (Å²) < 4.78 is 0. The molecule has 0 atom stereocenters. The summed E-state index contributed by atoms with van der Waals surface area (Å²) in [5, 5.41) is 9.43. The third-order valence-corrected chi connectivity index (χ3v) is 3.02. The van der Waals surface area contributed by atoms with E-state index in [0.717, 1.165) is 5.75 Å². The van der Waals surface area contributed by atoms with Crippen LogP contribution in [0.1, 0.15) is 29.9 Å². The molecule has 0 saturated heterocycles. The Balaban J connectivity index is 2.78. The highest BCUT2D eigenvalue weighted by atomic mass is 32.2. The number of rotatable bonds is 4. The lowest BCUT2D eigenvalue weighted by Crippen LogP contribution is -2.04. The van der Waals surface area contributed by atoms with E-state index < -0.39 is 5.97 Å². The maximum absolute atomic E-state index is 10.7. The summed E-state index contributed by atoms with van der Waals surface area (Å²) in [5.74, 6) is 0.525. The summed E-state index contributed by atoms with van der Waals surface area (Å²) in [4.78, 5) is 18.9. The van der Waals surface area contributed by atoms with Crippen LogP contribution in [0.25, 0.3) is 0 Å². The quantitative estimate of drug-likeness (QED) is 0.630. The Morgan fingerprint density at radius 2 is 2.27 bits per heavy atom. The topological polar surface area (TPSA) is 63.1 Å². The van der Waals surface area contributed by atoms with Crippen LogP contribution < -0.4 is 0 Å². The number of carboxylic acids is 1. The number of carbonyl (C=O) groups is 1. The van der Waals surface area contributed by atoms with Crippen molar-refractivity contribution in [1.29, 1.82) is 0 Å². The Morgan fingerprint density at radius 3 is 2.73 bits per heavy atom. The van der Waals surface area contributed by atoms with Crippen LogP contribution >= 0.6 is 11.8 Å². The van der Waals surface area contributed by atoms with Crippen molar-refractivity contribution in [2.45, 2.75) is 25.9 Å². The maximum atomic E-state index is 10.7. The Bertz CT molecular complexity index is 366. The first-order valence-corrected chi connectivity index (χ1v) is 5.69. The summed E-state index contributed by atoms with van der Waals surface area (Å²) in [5.41, 5.74) is 0.688. The molecule has 15 heavy (non-hydrogen) atoms. The summed E-state index contributed by atoms with van der Waals surface area (Å²) in [7, 11) is 0. The largest absolute Gasteiger partial charge is 0.478 e. The van der Waals surface area contributed by atoms with E-state index in [-0.39, 0.29) is 5.56 Å². The molecule has 0 spiro atoms. The second-order valence-corrected chi connectivity index (χ2v) is 4.65. The lowest BCUT2D eigenvalue weighted by atomic mass is 10.2. The van der Waals surface area contributed by atoms with Crippen LogP contribution in [-0.2, 0) is 0 Å². The molecule has 0 unspecified atom stereocenters. The molecule has 0 fully saturated rings. The van der Waals surface area contributed by atoms with Crippen LogP contribution in [0, 0.1) is 12.8 Å². The first-order chi connectivity index (χ1) is 7.00. The predicted octanol–water partition coefficient (Wildman–Crippen LogP) is 2.23. The molecule has 1 N–H and O–H groups in total. The van der Waals surface area contributed by atoms with E-state index in [1.807, 2.05) is 0 Å². The number of aromatic nitrogens is 2. The van der Waals surface area contributed by atoms with Gasteiger partial charge in [0.05, 0.1) is 11.3 Å². The molecule has 0 aromatic carbocycles. The van der Waals surface area contributed by atoms with E-state index in [1.54, 1.807) is 18.7 Å². The van der Waals surface area contributed by atoms with Gasteiger partial charge in [0.1, 0.15) is 0 Å². The molecule has 4 nitrogen and oxygen atoms in total. The van der Waals surface area contributed by atoms with Gasteiger partial charge in [-0.25, -0.2) is 14.8 Å². The second kappa shape index (κ2) is 5.11. The van der Waals surface area contributed by atoms with Crippen LogP contribution in [-0.4, -0.2) is 26.8 Å². The zero-order chi connectivity index (χ0) is 11.4. The fraction of sp³-hybridized carbons (Fsp3) is 0.500. The molecular formula is C10H14N2O2S. The molecule has 82 valence electrons. The molecule has 0 aliphatic heterocycles. The lowest BCUT2D eigenvalue weighted by Gasteiger charge is -2.04. The van der Waals surface area contributed by atoms with Gasteiger partial charge in [0.2, 0.25) is 0 Å². The van der Waals surface area contributed by atoms with Gasteiger partial charge < -0.3 is 5.11 Å². The van der Waals surface area contributed by atoms with Crippen molar-refractivity contribution in [3.8, 4) is 0 Å². The number of aryl methyl sites for hydroxylation is 1. The molecule has 1 rings (SSSR count). The first kappa shape index (κ1) is 12.0. The average molecular weight is 226 g/mol. The molecule has 0 bridgehead atoms. The fourth-order valence-electron chi connectivity index (χ4n) is 0.966. The van der Waals surface area contributed by atoms with Crippen LogP contribution in [0.5, 0.6) is 0 Å². The molecule has 0 amide bonds. The van der Waals surface area contributed by atoms with Gasteiger partial charge >= 0.3 is 5.97 Å². The molecule has 0 aliphatic carbocycles. The summed E-state index contributed by atoms with van der Waals surface area (Å²) in [6, 6.07) is 0. The Hall–Kier alpha value is -1.10. The smallest absolute Gasteiger partial charge is 0.339 e. The highest BCUT2D eigenvalue weighted by molar-refractivity contribution is 7.99. The van der Waals surface area contributed by atoms with E-state index in [4.69, 9.17) is 5.11 Å². The van der Waals surface area contributed by atoms with Crippen LogP contribution in [0.4, 0.5) is 0 Å². The van der Waals surface area contributed by atoms with E-state index in [9.17, 15) is 4.79 Å². The Morgan fingerprint density at radius 1 is 1.60 bits per heavy atom. The second-order valence-electron chi connectivity index (χ2n) is 3.66. The van der Waals surface area contributed by atoms with Gasteiger partial charge in [-0.1, -0.05) is 25.6 Å². The molecule has 0 saturated carbocycles. The van der Waals surface area contributed by atoms with Crippen LogP contribution in [0.15, 0.2) is 11.4 Å². The molecular weight excluding hydrogens is 212 g/mol. The maximum Gasteiger partial charge on any atom is 0.339 e. The monoisotopic (exact) mass is 226 g/mol. The zero-order valence-corrected chi connectivity index (χ0v) is 9.84. The van der Waals surface area contributed by atoms with Gasteiger partial charge in [-0.15, -0.1) is 0 Å². The van der Waals surface area contributed by atoms with Crippen molar-refractivity contribution in [2.24, 2.45) is 5.92 Å². The van der Waals surface area contributed by atoms with Crippen molar-refractivity contribution in [3.05, 3.63) is 17.5 Å². The van der Waals surface area contributed by atoms with Gasteiger partial charge in [0.25, 0.3) is 0 Å². The minimum absolute atomic E-state index is 0.170. The molecule has 5 heteroatoms. The summed E-state index contributed by atoms with van der Waals surface area (Å²) in [6.07, 6.45) is 1.37. The number of carboxylic acid groups (broad SMARTS) is 1. The van der Waals surface area contributed by atoms with Crippen LogP contribution in [0.2, 0.25) is 0 Å². The Kier molecular flexibility index (Phi) is 4.08. The fourth-order valence-corrected chi connectivity index (χ4v) is 1.78. The van der Waals surface area contributed by atoms with Gasteiger partial charge in [0.15, 0.2) is 5.16 Å². The van der Waals surface area contributed by atoms with Crippen LogP contribution in [0.3, 0.4) is 0 Å². The van der Waals surface area contributed by atoms with E-state index in [0.29, 0.717) is 16.8 Å². The van der Waals surface area contributed by atoms with Gasteiger partial charge in [-0.2, -0.15) is 0 Å². The van der Waals surface area contributed by atoms with Gasteiger partial charge in [-0.3, -0.25) is 0 Å². The van der Waals surface area contributed by atoms with Crippen molar-refractivity contribution in [1.82, 2.24) is 9.97 Å². The van der Waals surface area contributed by atoms with Crippen molar-refractivity contribution < 1.29 is 9.90 Å². The van der Waals surface area contributed by atoms with Crippen molar-refractivity contribution in [2.75, 3.05) is 5.75 Å². The summed E-state index contributed by atoms with van der Waals surface area (Å²) in [6.45, 7) is 5.92. The van der Waals surface area contributed by atoms with Crippen molar-refractivity contribution >= 4 is 17.7 Å². The minimum Gasteiger partial charge on any atom is -0.478 e.